The van der Waals surface area contributed by atoms with Gasteiger partial charge in [-0.15, -0.1) is 11.3 Å². The SMILES string of the molecule is Cc1ccc(C2Nc3ccc(S(=O)(=O)N4CCN(C(c5ccccc5)c5ccccc5)CC4)cc3C3C=CCC32)s1. The Morgan fingerprint density at radius 2 is 1.54 bits per heavy atom. The molecular weight excluding hydrogens is 547 g/mol. The summed E-state index contributed by atoms with van der Waals surface area (Å²) in [5.74, 6) is 0.623. The molecule has 7 rings (SSSR count). The molecule has 0 spiro atoms. The highest BCUT2D eigenvalue weighted by atomic mass is 32.2. The van der Waals surface area contributed by atoms with E-state index in [0.717, 1.165) is 17.7 Å². The van der Waals surface area contributed by atoms with E-state index in [1.807, 2.05) is 35.6 Å². The predicted octanol–water partition coefficient (Wildman–Crippen LogP) is 6.98. The number of nitrogens with zero attached hydrogens (tertiary/aromatic N) is 2. The summed E-state index contributed by atoms with van der Waals surface area (Å²) in [6.07, 6.45) is 5.54. The number of hydrogen-bond acceptors (Lipinski definition) is 5. The van der Waals surface area contributed by atoms with Crippen molar-refractivity contribution in [1.82, 2.24) is 9.21 Å². The summed E-state index contributed by atoms with van der Waals surface area (Å²) in [5.41, 5.74) is 4.60. The number of fused-ring (bicyclic) bond motifs is 3. The van der Waals surface area contributed by atoms with E-state index >= 15 is 0 Å². The molecule has 0 radical (unpaired) electrons. The summed E-state index contributed by atoms with van der Waals surface area (Å²) in [5, 5.41) is 3.76. The summed E-state index contributed by atoms with van der Waals surface area (Å²) in [7, 11) is -3.61. The van der Waals surface area contributed by atoms with Crippen LogP contribution < -0.4 is 5.32 Å². The van der Waals surface area contributed by atoms with Crippen molar-refractivity contribution in [3.05, 3.63) is 130 Å². The molecule has 3 atom stereocenters. The summed E-state index contributed by atoms with van der Waals surface area (Å²) in [6, 6.07) is 31.5. The smallest absolute Gasteiger partial charge is 0.243 e. The van der Waals surface area contributed by atoms with E-state index in [4.69, 9.17) is 0 Å². The number of anilines is 1. The zero-order valence-electron chi connectivity index (χ0n) is 23.2. The van der Waals surface area contributed by atoms with E-state index in [-0.39, 0.29) is 18.0 Å². The largest absolute Gasteiger partial charge is 0.377 e. The number of sulfonamides is 1. The molecule has 3 heterocycles. The quantitative estimate of drug-likeness (QED) is 0.250. The minimum atomic E-state index is -3.61. The van der Waals surface area contributed by atoms with Crippen molar-refractivity contribution in [2.45, 2.75) is 36.2 Å². The van der Waals surface area contributed by atoms with Gasteiger partial charge in [0.1, 0.15) is 0 Å². The number of piperazine rings is 1. The van der Waals surface area contributed by atoms with Gasteiger partial charge in [0.15, 0.2) is 0 Å². The molecule has 1 fully saturated rings. The van der Waals surface area contributed by atoms with Crippen LogP contribution in [0.15, 0.2) is 108 Å². The summed E-state index contributed by atoms with van der Waals surface area (Å²) >= 11 is 1.85. The molecule has 3 aromatic carbocycles. The maximum Gasteiger partial charge on any atom is 0.243 e. The van der Waals surface area contributed by atoms with Crippen LogP contribution in [0.2, 0.25) is 0 Å². The van der Waals surface area contributed by atoms with Crippen LogP contribution in [-0.2, 0) is 10.0 Å². The van der Waals surface area contributed by atoms with E-state index in [9.17, 15) is 8.42 Å². The van der Waals surface area contributed by atoms with Crippen LogP contribution >= 0.6 is 11.3 Å². The molecule has 2 aliphatic heterocycles. The van der Waals surface area contributed by atoms with Gasteiger partial charge in [-0.2, -0.15) is 4.31 Å². The molecule has 7 heteroatoms. The van der Waals surface area contributed by atoms with Gasteiger partial charge in [-0.05, 0) is 66.3 Å². The van der Waals surface area contributed by atoms with Gasteiger partial charge in [0, 0.05) is 47.5 Å². The van der Waals surface area contributed by atoms with Crippen molar-refractivity contribution in [1.29, 1.82) is 0 Å². The Balaban J connectivity index is 1.12. The van der Waals surface area contributed by atoms with E-state index in [1.54, 1.807) is 10.4 Å². The van der Waals surface area contributed by atoms with Gasteiger partial charge < -0.3 is 5.32 Å². The van der Waals surface area contributed by atoms with Crippen molar-refractivity contribution < 1.29 is 8.42 Å². The third-order valence-electron chi connectivity index (χ3n) is 8.91. The second-order valence-corrected chi connectivity index (χ2v) is 14.6. The monoisotopic (exact) mass is 581 g/mol. The van der Waals surface area contributed by atoms with E-state index in [2.05, 4.69) is 90.0 Å². The van der Waals surface area contributed by atoms with Crippen molar-refractivity contribution in [2.75, 3.05) is 31.5 Å². The van der Waals surface area contributed by atoms with Gasteiger partial charge >= 0.3 is 0 Å². The highest BCUT2D eigenvalue weighted by molar-refractivity contribution is 7.89. The molecule has 1 saturated heterocycles. The van der Waals surface area contributed by atoms with Crippen LogP contribution in [0.4, 0.5) is 5.69 Å². The summed E-state index contributed by atoms with van der Waals surface area (Å²) in [4.78, 5) is 5.48. The lowest BCUT2D eigenvalue weighted by Crippen LogP contribution is -2.49. The first-order chi connectivity index (χ1) is 20.0. The van der Waals surface area contributed by atoms with E-state index in [0.29, 0.717) is 37.0 Å². The van der Waals surface area contributed by atoms with Gasteiger partial charge in [-0.25, -0.2) is 8.42 Å². The highest BCUT2D eigenvalue weighted by Crippen LogP contribution is 2.51. The van der Waals surface area contributed by atoms with Gasteiger partial charge in [0.05, 0.1) is 17.0 Å². The summed E-state index contributed by atoms with van der Waals surface area (Å²) < 4.78 is 29.6. The van der Waals surface area contributed by atoms with E-state index in [1.165, 1.54) is 20.9 Å². The molecule has 1 N–H and O–H groups in total. The molecule has 5 nitrogen and oxygen atoms in total. The molecule has 1 aromatic heterocycles. The van der Waals surface area contributed by atoms with Crippen molar-refractivity contribution in [3.8, 4) is 0 Å². The highest BCUT2D eigenvalue weighted by Gasteiger charge is 2.40. The fourth-order valence-corrected chi connectivity index (χ4v) is 9.33. The van der Waals surface area contributed by atoms with Crippen LogP contribution in [-0.4, -0.2) is 43.8 Å². The molecule has 1 aliphatic carbocycles. The number of benzene rings is 3. The summed E-state index contributed by atoms with van der Waals surface area (Å²) in [6.45, 7) is 4.44. The average molecular weight is 582 g/mol. The third kappa shape index (κ3) is 4.95. The number of nitrogens with one attached hydrogen (secondary N) is 1. The zero-order chi connectivity index (χ0) is 28.0. The molecule has 0 amide bonds. The standard InChI is InChI=1S/C34H35N3O2S2/c1-24-15-18-32(40-24)33-29-14-8-13-28(29)30-23-27(16-17-31(30)35-33)41(38,39)37-21-19-36(20-22-37)34(25-9-4-2-5-10-25)26-11-6-3-7-12-26/h2-13,15-18,23,28-29,33-35H,14,19-22H2,1H3. The normalized spacial score (nSPS) is 22.8. The first kappa shape index (κ1) is 26.7. The number of thiophene rings is 1. The number of rotatable bonds is 6. The average Bonchev–Trinajstić information content (AvgIpc) is 3.68. The zero-order valence-corrected chi connectivity index (χ0v) is 24.8. The minimum absolute atomic E-state index is 0.100. The van der Waals surface area contributed by atoms with Gasteiger partial charge in [-0.1, -0.05) is 72.8 Å². The van der Waals surface area contributed by atoms with Gasteiger partial charge in [-0.3, -0.25) is 4.90 Å². The Kier molecular flexibility index (Phi) is 7.07. The second-order valence-electron chi connectivity index (χ2n) is 11.3. The van der Waals surface area contributed by atoms with Crippen molar-refractivity contribution in [3.63, 3.8) is 0 Å². The van der Waals surface area contributed by atoms with Gasteiger partial charge in [0.2, 0.25) is 10.0 Å². The molecule has 3 aliphatic rings. The maximum absolute atomic E-state index is 13.9. The Morgan fingerprint density at radius 1 is 0.854 bits per heavy atom. The van der Waals surface area contributed by atoms with Crippen molar-refractivity contribution in [2.24, 2.45) is 5.92 Å². The predicted molar refractivity (Wildman–Crippen MR) is 167 cm³/mol. The fraction of sp³-hybridized carbons (Fsp3) is 0.294. The molecular formula is C34H35N3O2S2. The number of hydrogen-bond donors (Lipinski definition) is 1. The molecule has 210 valence electrons. The fourth-order valence-electron chi connectivity index (χ4n) is 6.87. The van der Waals surface area contributed by atoms with Crippen LogP contribution in [0, 0.1) is 12.8 Å². The first-order valence-electron chi connectivity index (χ1n) is 14.5. The molecule has 0 saturated carbocycles. The first-order valence-corrected chi connectivity index (χ1v) is 16.7. The third-order valence-corrected chi connectivity index (χ3v) is 11.9. The van der Waals surface area contributed by atoms with E-state index < -0.39 is 10.0 Å². The Morgan fingerprint density at radius 3 is 2.17 bits per heavy atom. The van der Waals surface area contributed by atoms with Gasteiger partial charge in [0.25, 0.3) is 0 Å². The number of aryl methyl sites for hydroxylation is 1. The molecule has 0 bridgehead atoms. The lowest BCUT2D eigenvalue weighted by Gasteiger charge is -2.39. The van der Waals surface area contributed by atoms with Crippen LogP contribution in [0.25, 0.3) is 0 Å². The maximum atomic E-state index is 13.9. The molecule has 41 heavy (non-hydrogen) atoms. The Labute approximate surface area is 247 Å². The molecule has 4 aromatic rings. The Bertz CT molecular complexity index is 1620. The van der Waals surface area contributed by atoms with Crippen LogP contribution in [0.5, 0.6) is 0 Å². The van der Waals surface area contributed by atoms with Crippen molar-refractivity contribution >= 4 is 27.0 Å². The van der Waals surface area contributed by atoms with Crippen LogP contribution in [0.1, 0.15) is 50.9 Å². The number of allylic oxidation sites excluding steroid dienone is 2. The van der Waals surface area contributed by atoms with Crippen LogP contribution in [0.3, 0.4) is 0 Å². The topological polar surface area (TPSA) is 52.7 Å². The minimum Gasteiger partial charge on any atom is -0.377 e. The lowest BCUT2D eigenvalue weighted by molar-refractivity contribution is 0.156. The Hall–Kier alpha value is -3.23. The second kappa shape index (κ2) is 10.9. The lowest BCUT2D eigenvalue weighted by atomic mass is 9.79. The molecule has 3 unspecified atom stereocenters.